The number of hydrogen-bond acceptors (Lipinski definition) is 7. The zero-order valence-electron chi connectivity index (χ0n) is 12.1. The van der Waals surface area contributed by atoms with Crippen molar-refractivity contribution in [3.63, 3.8) is 0 Å². The van der Waals surface area contributed by atoms with E-state index >= 15 is 0 Å². The molecule has 3 rings (SSSR count). The van der Waals surface area contributed by atoms with Crippen molar-refractivity contribution in [2.45, 2.75) is 0 Å². The molecule has 0 radical (unpaired) electrons. The Balaban J connectivity index is 2.17. The molecule has 1 N–H and O–H groups in total. The van der Waals surface area contributed by atoms with Gasteiger partial charge in [-0.1, -0.05) is 30.3 Å². The highest BCUT2D eigenvalue weighted by molar-refractivity contribution is 5.81. The monoisotopic (exact) mass is 323 g/mol. The topological polar surface area (TPSA) is 119 Å². The molecule has 0 aliphatic heterocycles. The summed E-state index contributed by atoms with van der Waals surface area (Å²) in [6.45, 7) is 0. The van der Waals surface area contributed by atoms with Gasteiger partial charge >= 0.3 is 0 Å². The molecule has 3 aromatic carbocycles. The first kappa shape index (κ1) is 15.2. The average molecular weight is 323 g/mol. The molecule has 0 spiro atoms. The summed E-state index contributed by atoms with van der Waals surface area (Å²) in [6, 6.07) is 11.3. The van der Waals surface area contributed by atoms with Gasteiger partial charge in [0.05, 0.1) is 10.6 Å². The van der Waals surface area contributed by atoms with Gasteiger partial charge in [-0.15, -0.1) is 0 Å². The minimum Gasteiger partial charge on any atom is -0.287 e. The molecule has 3 aromatic rings. The van der Waals surface area contributed by atoms with Crippen molar-refractivity contribution in [1.82, 2.24) is 0 Å². The van der Waals surface area contributed by atoms with Crippen molar-refractivity contribution in [2.24, 2.45) is 5.10 Å². The number of nitro benzene ring substituents is 1. The lowest BCUT2D eigenvalue weighted by molar-refractivity contribution is -0.384. The van der Waals surface area contributed by atoms with Crippen LogP contribution < -0.4 is 27.1 Å². The van der Waals surface area contributed by atoms with Gasteiger partial charge in [0.15, 0.2) is 5.36 Å². The Kier molecular flexibility index (Phi) is 3.70. The van der Waals surface area contributed by atoms with Gasteiger partial charge in [0, 0.05) is 22.9 Å². The highest BCUT2D eigenvalue weighted by atomic mass is 16.6. The number of rotatable bonds is 3. The number of nitro groups is 1. The normalized spacial score (nSPS) is 11.6. The predicted octanol–water partition coefficient (Wildman–Crippen LogP) is 0.632. The van der Waals surface area contributed by atoms with Crippen molar-refractivity contribution in [2.75, 3.05) is 5.43 Å². The lowest BCUT2D eigenvalue weighted by Gasteiger charge is -1.99. The molecule has 0 atom stereocenters. The smallest absolute Gasteiger partial charge is 0.271 e. The molecule has 0 heterocycles. The van der Waals surface area contributed by atoms with Crippen molar-refractivity contribution < 1.29 is 4.92 Å². The van der Waals surface area contributed by atoms with Crippen LogP contribution in [0.25, 0.3) is 10.8 Å². The fraction of sp³-hybridized carbons (Fsp3) is 0. The molecular weight excluding hydrogens is 314 g/mol. The molecular formula is C16H9N3O5. The third-order valence-electron chi connectivity index (χ3n) is 3.41. The summed E-state index contributed by atoms with van der Waals surface area (Å²) in [5, 5.41) is 14.0. The van der Waals surface area contributed by atoms with E-state index in [2.05, 4.69) is 10.5 Å². The molecule has 8 nitrogen and oxygen atoms in total. The van der Waals surface area contributed by atoms with E-state index in [0.29, 0.717) is 0 Å². The number of non-ortho nitro benzene ring substituents is 1. The second kappa shape index (κ2) is 5.84. The molecule has 0 aliphatic carbocycles. The van der Waals surface area contributed by atoms with Crippen LogP contribution >= 0.6 is 0 Å². The molecule has 0 aromatic heterocycles. The number of fused-ring (bicyclic) bond motifs is 1. The Morgan fingerprint density at radius 2 is 1.54 bits per heavy atom. The largest absolute Gasteiger partial charge is 0.287 e. The summed E-state index contributed by atoms with van der Waals surface area (Å²) in [5.74, 6) is 0. The summed E-state index contributed by atoms with van der Waals surface area (Å²) < 4.78 is 0. The van der Waals surface area contributed by atoms with Gasteiger partial charge in [0.2, 0.25) is 10.9 Å². The van der Waals surface area contributed by atoms with Crippen molar-refractivity contribution in [1.29, 1.82) is 0 Å². The molecule has 0 amide bonds. The van der Waals surface area contributed by atoms with E-state index in [4.69, 9.17) is 0 Å². The van der Waals surface area contributed by atoms with E-state index in [0.717, 1.165) is 0 Å². The maximum atomic E-state index is 12.3. The summed E-state index contributed by atoms with van der Waals surface area (Å²) in [7, 11) is 0. The summed E-state index contributed by atoms with van der Waals surface area (Å²) in [6.07, 6.45) is 0. The van der Waals surface area contributed by atoms with E-state index in [-0.39, 0.29) is 22.1 Å². The second-order valence-corrected chi connectivity index (χ2v) is 4.91. The molecule has 0 bridgehead atoms. The summed E-state index contributed by atoms with van der Waals surface area (Å²) in [5.41, 5.74) is -0.0598. The minimum absolute atomic E-state index is 0.0433. The average Bonchev–Trinajstić information content (AvgIpc) is 2.60. The van der Waals surface area contributed by atoms with Crippen LogP contribution in [0.4, 0.5) is 11.4 Å². The Bertz CT molecular complexity index is 1180. The Labute approximate surface area is 133 Å². The fourth-order valence-electron chi connectivity index (χ4n) is 2.25. The van der Waals surface area contributed by atoms with Crippen LogP contribution in [0.1, 0.15) is 0 Å². The quantitative estimate of drug-likeness (QED) is 0.429. The lowest BCUT2D eigenvalue weighted by Crippen LogP contribution is -2.48. The van der Waals surface area contributed by atoms with E-state index in [9.17, 15) is 24.5 Å². The maximum Gasteiger partial charge on any atom is 0.271 e. The van der Waals surface area contributed by atoms with Crippen LogP contribution in [0.5, 0.6) is 0 Å². The second-order valence-electron chi connectivity index (χ2n) is 4.91. The standard InChI is InChI=1S/C16H9N3O5/c20-14-11-6-1-2-7-12(11)15(21)16(22)13(14)18-17-9-4-3-5-10(8-9)19(23)24/h1-8,17H. The first-order valence-electron chi connectivity index (χ1n) is 6.80. The van der Waals surface area contributed by atoms with Crippen LogP contribution in [0.15, 0.2) is 68.0 Å². The van der Waals surface area contributed by atoms with Crippen molar-refractivity contribution >= 4 is 22.1 Å². The van der Waals surface area contributed by atoms with Gasteiger partial charge in [-0.05, 0) is 6.07 Å². The van der Waals surface area contributed by atoms with E-state index < -0.39 is 26.6 Å². The van der Waals surface area contributed by atoms with Crippen LogP contribution in [-0.4, -0.2) is 4.92 Å². The predicted molar refractivity (Wildman–Crippen MR) is 87.4 cm³/mol. The van der Waals surface area contributed by atoms with E-state index in [1.54, 1.807) is 12.1 Å². The molecule has 24 heavy (non-hydrogen) atoms. The highest BCUT2D eigenvalue weighted by Crippen LogP contribution is 2.16. The zero-order valence-corrected chi connectivity index (χ0v) is 12.1. The molecule has 0 unspecified atom stereocenters. The van der Waals surface area contributed by atoms with Gasteiger partial charge in [-0.2, -0.15) is 5.10 Å². The highest BCUT2D eigenvalue weighted by Gasteiger charge is 2.11. The molecule has 0 saturated heterocycles. The Morgan fingerprint density at radius 3 is 2.21 bits per heavy atom. The van der Waals surface area contributed by atoms with Crippen molar-refractivity contribution in [3.05, 3.63) is 94.7 Å². The summed E-state index contributed by atoms with van der Waals surface area (Å²) in [4.78, 5) is 46.5. The van der Waals surface area contributed by atoms with Gasteiger partial charge < -0.3 is 0 Å². The van der Waals surface area contributed by atoms with Gasteiger partial charge in [-0.3, -0.25) is 29.9 Å². The maximum absolute atomic E-state index is 12.3. The number of anilines is 1. The van der Waals surface area contributed by atoms with E-state index in [1.165, 1.54) is 36.4 Å². The molecule has 118 valence electrons. The summed E-state index contributed by atoms with van der Waals surface area (Å²) >= 11 is 0. The molecule has 0 aliphatic rings. The third kappa shape index (κ3) is 2.56. The zero-order chi connectivity index (χ0) is 17.3. The minimum atomic E-state index is -1.02. The van der Waals surface area contributed by atoms with E-state index in [1.807, 2.05) is 0 Å². The van der Waals surface area contributed by atoms with Gasteiger partial charge in [-0.25, -0.2) is 0 Å². The molecule has 0 fully saturated rings. The van der Waals surface area contributed by atoms with Crippen LogP contribution in [0.3, 0.4) is 0 Å². The lowest BCUT2D eigenvalue weighted by atomic mass is 10.1. The SMILES string of the molecule is O=c1c(=NNc2cccc([N+](=O)[O-])c2)c(=O)c2ccccc2c1=O. The third-order valence-corrected chi connectivity index (χ3v) is 3.41. The van der Waals surface area contributed by atoms with Crippen LogP contribution in [0, 0.1) is 10.1 Å². The fourth-order valence-corrected chi connectivity index (χ4v) is 2.25. The Morgan fingerprint density at radius 1 is 0.875 bits per heavy atom. The van der Waals surface area contributed by atoms with Crippen molar-refractivity contribution in [3.8, 4) is 0 Å². The van der Waals surface area contributed by atoms with Crippen LogP contribution in [-0.2, 0) is 0 Å². The Hall–Kier alpha value is -3.68. The molecule has 8 heteroatoms. The van der Waals surface area contributed by atoms with Crippen LogP contribution in [0.2, 0.25) is 0 Å². The van der Waals surface area contributed by atoms with Gasteiger partial charge in [0.1, 0.15) is 0 Å². The number of nitrogens with zero attached hydrogens (tertiary/aromatic N) is 2. The first-order valence-corrected chi connectivity index (χ1v) is 6.80. The molecule has 0 saturated carbocycles. The first-order chi connectivity index (χ1) is 11.5. The number of hydrogen-bond donors (Lipinski definition) is 1. The van der Waals surface area contributed by atoms with Gasteiger partial charge in [0.25, 0.3) is 11.1 Å². The number of nitrogens with one attached hydrogen (secondary N) is 1. The number of benzene rings is 3.